The SMILES string of the molecule is CN1CC[C@@H](O)[C@H](C(=O)N2CCc3nc(N)sc3C2)C1. The van der Waals surface area contributed by atoms with E-state index in [9.17, 15) is 9.90 Å². The molecule has 0 spiro atoms. The predicted molar refractivity (Wildman–Crippen MR) is 77.3 cm³/mol. The van der Waals surface area contributed by atoms with Crippen LogP contribution in [-0.2, 0) is 17.8 Å². The summed E-state index contributed by atoms with van der Waals surface area (Å²) in [5.74, 6) is -0.248. The summed E-state index contributed by atoms with van der Waals surface area (Å²) in [6.07, 6.45) is 0.902. The number of nitrogen functional groups attached to an aromatic ring is 1. The molecule has 0 aromatic carbocycles. The smallest absolute Gasteiger partial charge is 0.229 e. The molecule has 6 nitrogen and oxygen atoms in total. The van der Waals surface area contributed by atoms with Crippen molar-refractivity contribution in [1.29, 1.82) is 0 Å². The summed E-state index contributed by atoms with van der Waals surface area (Å²) in [4.78, 5) is 21.9. The number of amides is 1. The molecule has 0 aliphatic carbocycles. The van der Waals surface area contributed by atoms with Crippen LogP contribution in [0.1, 0.15) is 17.0 Å². The van der Waals surface area contributed by atoms with E-state index in [0.29, 0.717) is 31.2 Å². The van der Waals surface area contributed by atoms with Crippen molar-refractivity contribution in [2.75, 3.05) is 32.4 Å². The Morgan fingerprint density at radius 2 is 2.30 bits per heavy atom. The van der Waals surface area contributed by atoms with Crippen LogP contribution in [0.5, 0.6) is 0 Å². The van der Waals surface area contributed by atoms with E-state index in [4.69, 9.17) is 5.73 Å². The highest BCUT2D eigenvalue weighted by Crippen LogP contribution is 2.28. The fraction of sp³-hybridized carbons (Fsp3) is 0.692. The molecular weight excluding hydrogens is 276 g/mol. The summed E-state index contributed by atoms with van der Waals surface area (Å²) >= 11 is 1.46. The van der Waals surface area contributed by atoms with Crippen LogP contribution in [0, 0.1) is 5.92 Å². The lowest BCUT2D eigenvalue weighted by atomic mass is 9.93. The fourth-order valence-corrected chi connectivity index (χ4v) is 3.88. The molecule has 3 heterocycles. The van der Waals surface area contributed by atoms with Gasteiger partial charge >= 0.3 is 0 Å². The third-order valence-electron chi connectivity index (χ3n) is 4.16. The minimum atomic E-state index is -0.522. The van der Waals surface area contributed by atoms with Crippen LogP contribution in [0.15, 0.2) is 0 Å². The monoisotopic (exact) mass is 296 g/mol. The quantitative estimate of drug-likeness (QED) is 0.757. The number of hydrogen-bond donors (Lipinski definition) is 2. The molecule has 0 saturated carbocycles. The zero-order chi connectivity index (χ0) is 14.3. The van der Waals surface area contributed by atoms with Gasteiger partial charge in [-0.1, -0.05) is 0 Å². The van der Waals surface area contributed by atoms with Crippen molar-refractivity contribution in [3.8, 4) is 0 Å². The van der Waals surface area contributed by atoms with E-state index in [2.05, 4.69) is 9.88 Å². The zero-order valence-electron chi connectivity index (χ0n) is 11.6. The molecule has 1 fully saturated rings. The number of piperidine rings is 1. The number of aliphatic hydroxyl groups is 1. The summed E-state index contributed by atoms with van der Waals surface area (Å²) in [5.41, 5.74) is 6.75. The van der Waals surface area contributed by atoms with Gasteiger partial charge in [-0.05, 0) is 13.5 Å². The Morgan fingerprint density at radius 1 is 1.50 bits per heavy atom. The van der Waals surface area contributed by atoms with Gasteiger partial charge in [-0.25, -0.2) is 4.98 Å². The average molecular weight is 296 g/mol. The number of aromatic nitrogens is 1. The lowest BCUT2D eigenvalue weighted by Crippen LogP contribution is -2.50. The van der Waals surface area contributed by atoms with Crippen molar-refractivity contribution in [3.63, 3.8) is 0 Å². The molecule has 0 unspecified atom stereocenters. The Kier molecular flexibility index (Phi) is 3.66. The van der Waals surface area contributed by atoms with Crippen LogP contribution in [0.3, 0.4) is 0 Å². The predicted octanol–water partition coefficient (Wildman–Crippen LogP) is -0.0774. The topological polar surface area (TPSA) is 82.7 Å². The molecule has 2 aliphatic rings. The molecular formula is C13H20N4O2S. The largest absolute Gasteiger partial charge is 0.392 e. The summed E-state index contributed by atoms with van der Waals surface area (Å²) in [6.45, 7) is 2.73. The van der Waals surface area contributed by atoms with Gasteiger partial charge in [0.1, 0.15) is 0 Å². The Hall–Kier alpha value is -1.18. The summed E-state index contributed by atoms with van der Waals surface area (Å²) in [7, 11) is 1.99. The Balaban J connectivity index is 1.72. The van der Waals surface area contributed by atoms with Crippen molar-refractivity contribution in [3.05, 3.63) is 10.6 Å². The molecule has 2 aliphatic heterocycles. The van der Waals surface area contributed by atoms with Gasteiger partial charge in [0.2, 0.25) is 5.91 Å². The molecule has 3 rings (SSSR count). The molecule has 1 aromatic rings. The molecule has 20 heavy (non-hydrogen) atoms. The molecule has 2 atom stereocenters. The van der Waals surface area contributed by atoms with Crippen molar-refractivity contribution in [1.82, 2.24) is 14.8 Å². The Morgan fingerprint density at radius 3 is 3.10 bits per heavy atom. The van der Waals surface area contributed by atoms with Crippen molar-refractivity contribution < 1.29 is 9.90 Å². The third kappa shape index (κ3) is 2.53. The summed E-state index contributed by atoms with van der Waals surface area (Å²) in [6, 6.07) is 0. The van der Waals surface area contributed by atoms with Gasteiger partial charge in [0.25, 0.3) is 0 Å². The second kappa shape index (κ2) is 5.31. The van der Waals surface area contributed by atoms with E-state index in [0.717, 1.165) is 23.5 Å². The van der Waals surface area contributed by atoms with Crippen LogP contribution < -0.4 is 5.73 Å². The van der Waals surface area contributed by atoms with Crippen LogP contribution in [0.25, 0.3) is 0 Å². The molecule has 110 valence electrons. The van der Waals surface area contributed by atoms with Gasteiger partial charge in [0, 0.05) is 30.9 Å². The van der Waals surface area contributed by atoms with Gasteiger partial charge in [0.15, 0.2) is 5.13 Å². The standard InChI is InChI=1S/C13H20N4O2S/c1-16-4-3-10(18)8(6-16)12(19)17-5-2-9-11(7-17)20-13(14)15-9/h8,10,18H,2-7H2,1H3,(H2,14,15)/t8-,10-/m1/s1. The first-order chi connectivity index (χ1) is 9.54. The van der Waals surface area contributed by atoms with Gasteiger partial charge in [-0.15, -0.1) is 11.3 Å². The number of carbonyl (C=O) groups is 1. The molecule has 0 radical (unpaired) electrons. The highest BCUT2D eigenvalue weighted by molar-refractivity contribution is 7.15. The number of likely N-dealkylation sites (tertiary alicyclic amines) is 1. The average Bonchev–Trinajstić information content (AvgIpc) is 2.79. The summed E-state index contributed by atoms with van der Waals surface area (Å²) < 4.78 is 0. The van der Waals surface area contributed by atoms with Gasteiger partial charge < -0.3 is 20.6 Å². The van der Waals surface area contributed by atoms with Crippen LogP contribution in [0.4, 0.5) is 5.13 Å². The second-order valence-electron chi connectivity index (χ2n) is 5.66. The lowest BCUT2D eigenvalue weighted by molar-refractivity contribution is -0.143. The number of nitrogens with zero attached hydrogens (tertiary/aromatic N) is 3. The number of anilines is 1. The normalized spacial score (nSPS) is 27.4. The Bertz CT molecular complexity index is 518. The van der Waals surface area contributed by atoms with Crippen molar-refractivity contribution in [2.24, 2.45) is 5.92 Å². The maximum Gasteiger partial charge on any atom is 0.229 e. The maximum atomic E-state index is 12.6. The third-order valence-corrected chi connectivity index (χ3v) is 5.07. The highest BCUT2D eigenvalue weighted by atomic mass is 32.1. The first-order valence-electron chi connectivity index (χ1n) is 6.94. The van der Waals surface area contributed by atoms with E-state index in [-0.39, 0.29) is 11.8 Å². The number of fused-ring (bicyclic) bond motifs is 1. The molecule has 1 saturated heterocycles. The zero-order valence-corrected chi connectivity index (χ0v) is 12.4. The van der Waals surface area contributed by atoms with Crippen LogP contribution in [-0.4, -0.2) is 58.6 Å². The van der Waals surface area contributed by atoms with Gasteiger partial charge in [0.05, 0.1) is 24.3 Å². The first kappa shape index (κ1) is 13.8. The highest BCUT2D eigenvalue weighted by Gasteiger charge is 2.36. The van der Waals surface area contributed by atoms with E-state index in [1.165, 1.54) is 11.3 Å². The van der Waals surface area contributed by atoms with E-state index < -0.39 is 6.10 Å². The maximum absolute atomic E-state index is 12.6. The molecule has 7 heteroatoms. The first-order valence-corrected chi connectivity index (χ1v) is 7.75. The number of nitrogens with two attached hydrogens (primary N) is 1. The minimum Gasteiger partial charge on any atom is -0.392 e. The number of aliphatic hydroxyl groups excluding tert-OH is 1. The van der Waals surface area contributed by atoms with E-state index in [1.807, 2.05) is 11.9 Å². The number of thiazole rings is 1. The van der Waals surface area contributed by atoms with E-state index in [1.54, 1.807) is 0 Å². The number of carbonyl (C=O) groups excluding carboxylic acids is 1. The van der Waals surface area contributed by atoms with Crippen molar-refractivity contribution >= 4 is 22.4 Å². The molecule has 1 amide bonds. The number of hydrogen-bond acceptors (Lipinski definition) is 6. The second-order valence-corrected chi connectivity index (χ2v) is 6.77. The fourth-order valence-electron chi connectivity index (χ4n) is 2.98. The Labute approximate surface area is 122 Å². The van der Waals surface area contributed by atoms with Crippen LogP contribution >= 0.6 is 11.3 Å². The minimum absolute atomic E-state index is 0.0571. The summed E-state index contributed by atoms with van der Waals surface area (Å²) in [5, 5.41) is 10.7. The lowest BCUT2D eigenvalue weighted by Gasteiger charge is -2.37. The molecule has 3 N–H and O–H groups in total. The van der Waals surface area contributed by atoms with Crippen LogP contribution in [0.2, 0.25) is 0 Å². The van der Waals surface area contributed by atoms with Gasteiger partial charge in [-0.2, -0.15) is 0 Å². The molecule has 1 aromatic heterocycles. The van der Waals surface area contributed by atoms with Gasteiger partial charge in [-0.3, -0.25) is 4.79 Å². The van der Waals surface area contributed by atoms with Crippen molar-refractivity contribution in [2.45, 2.75) is 25.5 Å². The molecule has 0 bridgehead atoms. The number of rotatable bonds is 1. The van der Waals surface area contributed by atoms with E-state index >= 15 is 0 Å².